The zero-order valence-electron chi connectivity index (χ0n) is 14.8. The van der Waals surface area contributed by atoms with Crippen LogP contribution in [0.5, 0.6) is 5.75 Å². The third-order valence-corrected chi connectivity index (χ3v) is 4.03. The normalized spacial score (nSPS) is 10.7. The molecule has 2 aromatic carbocycles. The summed E-state index contributed by atoms with van der Waals surface area (Å²) in [6.07, 6.45) is 0. The zero-order chi connectivity index (χ0) is 19.3. The molecular formula is C18H20ClN3O4. The van der Waals surface area contributed by atoms with Crippen molar-refractivity contribution in [2.45, 2.75) is 13.5 Å². The topological polar surface area (TPSA) is 84.7 Å². The minimum Gasteiger partial charge on any atom is -0.490 e. The van der Waals surface area contributed by atoms with Crippen LogP contribution in [0.4, 0.5) is 11.4 Å². The van der Waals surface area contributed by atoms with E-state index in [2.05, 4.69) is 5.32 Å². The molecule has 1 amide bonds. The largest absolute Gasteiger partial charge is 0.490 e. The molecule has 0 unspecified atom stereocenters. The number of carbonyl (C=O) groups is 1. The molecule has 7 nitrogen and oxygen atoms in total. The zero-order valence-corrected chi connectivity index (χ0v) is 15.5. The van der Waals surface area contributed by atoms with E-state index in [1.807, 2.05) is 24.1 Å². The summed E-state index contributed by atoms with van der Waals surface area (Å²) in [7, 11) is 3.18. The number of nitro groups is 1. The van der Waals surface area contributed by atoms with Crippen molar-refractivity contribution >= 4 is 28.9 Å². The number of nitrogens with zero attached hydrogens (tertiary/aromatic N) is 2. The summed E-state index contributed by atoms with van der Waals surface area (Å²) in [6.45, 7) is 2.45. The third kappa shape index (κ3) is 5.18. The van der Waals surface area contributed by atoms with Gasteiger partial charge in [0, 0.05) is 29.4 Å². The van der Waals surface area contributed by atoms with E-state index < -0.39 is 4.92 Å². The molecule has 0 aliphatic rings. The maximum Gasteiger partial charge on any atom is 0.311 e. The quantitative estimate of drug-likeness (QED) is 0.588. The second kappa shape index (κ2) is 8.64. The maximum atomic E-state index is 12.3. The smallest absolute Gasteiger partial charge is 0.311 e. The Morgan fingerprint density at radius 3 is 2.54 bits per heavy atom. The van der Waals surface area contributed by atoms with Crippen LogP contribution in [0, 0.1) is 17.0 Å². The number of nitro benzene ring substituents is 1. The van der Waals surface area contributed by atoms with E-state index in [0.717, 1.165) is 5.56 Å². The number of rotatable bonds is 7. The minimum absolute atomic E-state index is 0.102. The molecule has 0 atom stereocenters. The van der Waals surface area contributed by atoms with Crippen LogP contribution >= 0.6 is 11.6 Å². The number of aryl methyl sites for hydroxylation is 1. The van der Waals surface area contributed by atoms with Crippen molar-refractivity contribution in [3.05, 3.63) is 62.7 Å². The van der Waals surface area contributed by atoms with Crippen molar-refractivity contribution in [3.63, 3.8) is 0 Å². The van der Waals surface area contributed by atoms with Crippen molar-refractivity contribution in [2.75, 3.05) is 26.0 Å². The highest BCUT2D eigenvalue weighted by Gasteiger charge is 2.18. The first-order valence-electron chi connectivity index (χ1n) is 7.86. The molecule has 0 bridgehead atoms. The molecule has 2 aromatic rings. The van der Waals surface area contributed by atoms with Crippen molar-refractivity contribution in [2.24, 2.45) is 0 Å². The lowest BCUT2D eigenvalue weighted by Crippen LogP contribution is -2.30. The molecule has 1 N–H and O–H groups in total. The number of methoxy groups -OCH3 is 1. The van der Waals surface area contributed by atoms with Crippen LogP contribution in [0.1, 0.15) is 11.1 Å². The Morgan fingerprint density at radius 1 is 1.31 bits per heavy atom. The highest BCUT2D eigenvalue weighted by molar-refractivity contribution is 6.30. The second-order valence-corrected chi connectivity index (χ2v) is 6.38. The van der Waals surface area contributed by atoms with Crippen LogP contribution in [0.15, 0.2) is 36.4 Å². The Bertz CT molecular complexity index is 809. The molecule has 0 aliphatic heterocycles. The van der Waals surface area contributed by atoms with Gasteiger partial charge in [-0.05, 0) is 37.2 Å². The number of ether oxygens (including phenoxy) is 1. The number of hydrogen-bond donors (Lipinski definition) is 1. The third-order valence-electron chi connectivity index (χ3n) is 3.78. The molecule has 8 heteroatoms. The average molecular weight is 378 g/mol. The molecule has 138 valence electrons. The number of carbonyl (C=O) groups excluding carboxylic acids is 1. The lowest BCUT2D eigenvalue weighted by Gasteiger charge is -2.17. The number of nitrogens with one attached hydrogen (secondary N) is 1. The van der Waals surface area contributed by atoms with E-state index in [9.17, 15) is 14.9 Å². The van der Waals surface area contributed by atoms with Gasteiger partial charge in [0.2, 0.25) is 5.91 Å². The van der Waals surface area contributed by atoms with Gasteiger partial charge >= 0.3 is 5.69 Å². The van der Waals surface area contributed by atoms with Gasteiger partial charge < -0.3 is 10.1 Å². The molecule has 0 aliphatic carbocycles. The van der Waals surface area contributed by atoms with Gasteiger partial charge in [-0.25, -0.2) is 0 Å². The summed E-state index contributed by atoms with van der Waals surface area (Å²) in [6, 6.07) is 10.3. The average Bonchev–Trinajstić information content (AvgIpc) is 2.58. The number of anilines is 1. The van der Waals surface area contributed by atoms with Gasteiger partial charge in [-0.3, -0.25) is 19.8 Å². The van der Waals surface area contributed by atoms with E-state index in [4.69, 9.17) is 16.3 Å². The van der Waals surface area contributed by atoms with Crippen molar-refractivity contribution in [3.8, 4) is 5.75 Å². The van der Waals surface area contributed by atoms with Gasteiger partial charge in [0.05, 0.1) is 18.6 Å². The predicted molar refractivity (Wildman–Crippen MR) is 101 cm³/mol. The van der Waals surface area contributed by atoms with E-state index in [1.54, 1.807) is 19.1 Å². The van der Waals surface area contributed by atoms with Crippen molar-refractivity contribution in [1.82, 2.24) is 4.90 Å². The molecule has 0 fully saturated rings. The highest BCUT2D eigenvalue weighted by Crippen LogP contribution is 2.32. The number of benzene rings is 2. The Morgan fingerprint density at radius 2 is 1.96 bits per heavy atom. The Kier molecular flexibility index (Phi) is 6.54. The fourth-order valence-corrected chi connectivity index (χ4v) is 2.63. The SMILES string of the molecule is COc1cc(NC(=O)CN(C)Cc2ccc(Cl)cc2)c(C)cc1[N+](=O)[O-]. The summed E-state index contributed by atoms with van der Waals surface area (Å²) in [5.74, 6) is -0.120. The second-order valence-electron chi connectivity index (χ2n) is 5.94. The molecule has 0 radical (unpaired) electrons. The number of amides is 1. The van der Waals surface area contributed by atoms with Gasteiger partial charge in [0.1, 0.15) is 0 Å². The number of halogens is 1. The molecular weight excluding hydrogens is 358 g/mol. The monoisotopic (exact) mass is 377 g/mol. The van der Waals surface area contributed by atoms with Gasteiger partial charge in [0.25, 0.3) is 0 Å². The van der Waals surface area contributed by atoms with Gasteiger partial charge in [0.15, 0.2) is 5.75 Å². The molecule has 0 saturated carbocycles. The van der Waals surface area contributed by atoms with Crippen LogP contribution in [0.3, 0.4) is 0 Å². The first kappa shape index (κ1) is 19.7. The number of likely N-dealkylation sites (N-methyl/N-ethyl adjacent to an activating group) is 1. The Hall–Kier alpha value is -2.64. The lowest BCUT2D eigenvalue weighted by atomic mass is 10.1. The Balaban J connectivity index is 2.02. The van der Waals surface area contributed by atoms with Crippen LogP contribution < -0.4 is 10.1 Å². The standard InChI is InChI=1S/C18H20ClN3O4/c1-12-8-16(22(24)25)17(26-3)9-15(12)20-18(23)11-21(2)10-13-4-6-14(19)7-5-13/h4-9H,10-11H2,1-3H3,(H,20,23). The van der Waals surface area contributed by atoms with Gasteiger partial charge in [-0.15, -0.1) is 0 Å². The molecule has 2 rings (SSSR count). The fraction of sp³-hybridized carbons (Fsp3) is 0.278. The van der Waals surface area contributed by atoms with E-state index in [1.165, 1.54) is 19.2 Å². The fourth-order valence-electron chi connectivity index (χ4n) is 2.51. The summed E-state index contributed by atoms with van der Waals surface area (Å²) in [5.41, 5.74) is 1.98. The number of hydrogen-bond acceptors (Lipinski definition) is 5. The maximum absolute atomic E-state index is 12.3. The van der Waals surface area contributed by atoms with Gasteiger partial charge in [-0.1, -0.05) is 23.7 Å². The lowest BCUT2D eigenvalue weighted by molar-refractivity contribution is -0.385. The summed E-state index contributed by atoms with van der Waals surface area (Å²) < 4.78 is 5.04. The summed E-state index contributed by atoms with van der Waals surface area (Å²) in [4.78, 5) is 24.7. The molecule has 0 heterocycles. The minimum atomic E-state index is -0.517. The molecule has 0 aromatic heterocycles. The van der Waals surface area contributed by atoms with E-state index in [0.29, 0.717) is 22.8 Å². The van der Waals surface area contributed by atoms with Gasteiger partial charge in [-0.2, -0.15) is 0 Å². The van der Waals surface area contributed by atoms with Crippen LogP contribution in [0.2, 0.25) is 5.02 Å². The predicted octanol–water partition coefficient (Wildman–Crippen LogP) is 3.64. The molecule has 0 saturated heterocycles. The molecule has 0 spiro atoms. The first-order valence-corrected chi connectivity index (χ1v) is 8.24. The molecule has 26 heavy (non-hydrogen) atoms. The van der Waals surface area contributed by atoms with Crippen molar-refractivity contribution < 1.29 is 14.5 Å². The van der Waals surface area contributed by atoms with E-state index >= 15 is 0 Å². The van der Waals surface area contributed by atoms with Crippen molar-refractivity contribution in [1.29, 1.82) is 0 Å². The van der Waals surface area contributed by atoms with Crippen LogP contribution in [0.25, 0.3) is 0 Å². The van der Waals surface area contributed by atoms with Crippen LogP contribution in [-0.4, -0.2) is 36.4 Å². The summed E-state index contributed by atoms with van der Waals surface area (Å²) >= 11 is 5.86. The highest BCUT2D eigenvalue weighted by atomic mass is 35.5. The van der Waals surface area contributed by atoms with Crippen LogP contribution in [-0.2, 0) is 11.3 Å². The summed E-state index contributed by atoms with van der Waals surface area (Å²) in [5, 5.41) is 14.5. The first-order chi connectivity index (χ1) is 12.3. The Labute approximate surface area is 156 Å². The van der Waals surface area contributed by atoms with E-state index in [-0.39, 0.29) is 23.9 Å².